The predicted octanol–water partition coefficient (Wildman–Crippen LogP) is 2.03. The molecule has 0 N–H and O–H groups in total. The molecule has 0 saturated carbocycles. The van der Waals surface area contributed by atoms with Gasteiger partial charge in [0.1, 0.15) is 0 Å². The van der Waals surface area contributed by atoms with Crippen LogP contribution in [0.3, 0.4) is 0 Å². The summed E-state index contributed by atoms with van der Waals surface area (Å²) in [4.78, 5) is 0. The molecule has 0 aliphatic carbocycles. The molecular weight excluding hydrogens is 234 g/mol. The van der Waals surface area contributed by atoms with E-state index in [9.17, 15) is 8.42 Å². The van der Waals surface area contributed by atoms with Crippen molar-refractivity contribution in [1.29, 1.82) is 0 Å². The molecule has 1 aromatic rings. The van der Waals surface area contributed by atoms with Crippen LogP contribution in [0, 0.1) is 0 Å². The largest absolute Gasteiger partial charge is 0.271 e. The average Bonchev–Trinajstić information content (AvgIpc) is 2.23. The molecule has 0 fully saturated rings. The van der Waals surface area contributed by atoms with Crippen LogP contribution in [-0.4, -0.2) is 25.5 Å². The summed E-state index contributed by atoms with van der Waals surface area (Å²) in [5.41, 5.74) is 2.80. The van der Waals surface area contributed by atoms with Gasteiger partial charge >= 0.3 is 0 Å². The van der Waals surface area contributed by atoms with Gasteiger partial charge in [0.2, 0.25) is 10.0 Å². The molecule has 90 valence electrons. The van der Waals surface area contributed by atoms with Crippen LogP contribution in [0.4, 0.5) is 0 Å². The van der Waals surface area contributed by atoms with E-state index in [1.165, 1.54) is 10.6 Å². The highest BCUT2D eigenvalue weighted by Gasteiger charge is 2.18. The maximum atomic E-state index is 11.6. The Bertz CT molecular complexity index is 573. The van der Waals surface area contributed by atoms with Gasteiger partial charge in [0.05, 0.1) is 6.26 Å². The Labute approximate surface area is 102 Å². The smallest absolute Gasteiger partial charge is 0.232 e. The fraction of sp³-hybridized carbons (Fsp3) is 0.231. The minimum Gasteiger partial charge on any atom is -0.271 e. The van der Waals surface area contributed by atoms with Crippen molar-refractivity contribution < 1.29 is 8.42 Å². The Morgan fingerprint density at radius 3 is 2.65 bits per heavy atom. The predicted molar refractivity (Wildman–Crippen MR) is 69.9 cm³/mol. The third-order valence-corrected chi connectivity index (χ3v) is 4.03. The standard InChI is InChI=1S/C13H15NO2S/c1-11-7-8-12-5-3-4-6-13(12)9-10-14(11)17(2,15)16/h3-8H,1,9-10H2,2H3/b8-7-. The molecule has 1 aliphatic rings. The van der Waals surface area contributed by atoms with Gasteiger partial charge in [-0.05, 0) is 23.6 Å². The second-order valence-corrected chi connectivity index (χ2v) is 6.02. The molecule has 0 amide bonds. The van der Waals surface area contributed by atoms with Gasteiger partial charge in [-0.3, -0.25) is 4.31 Å². The summed E-state index contributed by atoms with van der Waals surface area (Å²) in [7, 11) is -3.23. The van der Waals surface area contributed by atoms with Crippen LogP contribution in [0.5, 0.6) is 0 Å². The zero-order valence-corrected chi connectivity index (χ0v) is 10.6. The van der Waals surface area contributed by atoms with Crippen molar-refractivity contribution in [2.45, 2.75) is 6.42 Å². The van der Waals surface area contributed by atoms with E-state index < -0.39 is 10.0 Å². The lowest BCUT2D eigenvalue weighted by Gasteiger charge is -2.24. The van der Waals surface area contributed by atoms with Gasteiger partial charge in [0, 0.05) is 12.2 Å². The Morgan fingerprint density at radius 1 is 1.24 bits per heavy atom. The van der Waals surface area contributed by atoms with Crippen molar-refractivity contribution in [3.8, 4) is 0 Å². The molecule has 1 aromatic carbocycles. The van der Waals surface area contributed by atoms with Crippen molar-refractivity contribution in [3.05, 3.63) is 53.7 Å². The van der Waals surface area contributed by atoms with Crippen molar-refractivity contribution in [3.63, 3.8) is 0 Å². The monoisotopic (exact) mass is 249 g/mol. The van der Waals surface area contributed by atoms with E-state index in [2.05, 4.69) is 6.58 Å². The Morgan fingerprint density at radius 2 is 1.94 bits per heavy atom. The molecule has 17 heavy (non-hydrogen) atoms. The highest BCUT2D eigenvalue weighted by Crippen LogP contribution is 2.19. The number of benzene rings is 1. The summed E-state index contributed by atoms with van der Waals surface area (Å²) in [6.07, 6.45) is 5.57. The molecule has 4 heteroatoms. The molecule has 0 bridgehead atoms. The topological polar surface area (TPSA) is 37.4 Å². The van der Waals surface area contributed by atoms with Gasteiger partial charge in [0.25, 0.3) is 0 Å². The summed E-state index contributed by atoms with van der Waals surface area (Å²) >= 11 is 0. The minimum absolute atomic E-state index is 0.443. The van der Waals surface area contributed by atoms with Crippen LogP contribution in [-0.2, 0) is 16.4 Å². The molecule has 0 atom stereocenters. The van der Waals surface area contributed by atoms with E-state index in [1.54, 1.807) is 6.08 Å². The Hall–Kier alpha value is -1.55. The lowest BCUT2D eigenvalue weighted by molar-refractivity contribution is 0.491. The SMILES string of the molecule is C=C1/C=C\c2ccccc2CCN1S(C)(=O)=O. The normalized spacial score (nSPS) is 18.2. The molecule has 0 unspecified atom stereocenters. The molecule has 0 spiro atoms. The molecule has 0 aromatic heterocycles. The molecular formula is C13H15NO2S. The number of fused-ring (bicyclic) bond motifs is 1. The Kier molecular flexibility index (Phi) is 3.07. The summed E-state index contributed by atoms with van der Waals surface area (Å²) in [6, 6.07) is 7.99. The van der Waals surface area contributed by atoms with Crippen molar-refractivity contribution in [2.24, 2.45) is 0 Å². The first-order valence-electron chi connectivity index (χ1n) is 5.41. The second kappa shape index (κ2) is 4.37. The van der Waals surface area contributed by atoms with Gasteiger partial charge in [-0.2, -0.15) is 0 Å². The minimum atomic E-state index is -3.23. The maximum Gasteiger partial charge on any atom is 0.232 e. The van der Waals surface area contributed by atoms with Gasteiger partial charge in [-0.25, -0.2) is 8.42 Å². The second-order valence-electron chi connectivity index (χ2n) is 4.11. The lowest BCUT2D eigenvalue weighted by Crippen LogP contribution is -2.31. The average molecular weight is 249 g/mol. The summed E-state index contributed by atoms with van der Waals surface area (Å²) < 4.78 is 24.6. The fourth-order valence-electron chi connectivity index (χ4n) is 1.94. The molecule has 1 heterocycles. The van der Waals surface area contributed by atoms with E-state index in [0.29, 0.717) is 18.7 Å². The zero-order chi connectivity index (χ0) is 12.5. The number of sulfonamides is 1. The molecule has 0 saturated heterocycles. The van der Waals surface area contributed by atoms with Gasteiger partial charge in [-0.1, -0.05) is 36.9 Å². The fourth-order valence-corrected chi connectivity index (χ4v) is 2.85. The zero-order valence-electron chi connectivity index (χ0n) is 9.76. The molecule has 0 radical (unpaired) electrons. The number of hydrogen-bond donors (Lipinski definition) is 0. The number of hydrogen-bond acceptors (Lipinski definition) is 2. The van der Waals surface area contributed by atoms with Crippen LogP contribution in [0.2, 0.25) is 0 Å². The van der Waals surface area contributed by atoms with Crippen LogP contribution in [0.15, 0.2) is 42.6 Å². The van der Waals surface area contributed by atoms with Crippen LogP contribution >= 0.6 is 0 Å². The van der Waals surface area contributed by atoms with E-state index in [-0.39, 0.29) is 0 Å². The van der Waals surface area contributed by atoms with Crippen LogP contribution < -0.4 is 0 Å². The summed E-state index contributed by atoms with van der Waals surface area (Å²) in [5.74, 6) is 0. The maximum absolute atomic E-state index is 11.6. The van der Waals surface area contributed by atoms with Crippen molar-refractivity contribution in [2.75, 3.05) is 12.8 Å². The quantitative estimate of drug-likeness (QED) is 0.763. The van der Waals surface area contributed by atoms with E-state index in [4.69, 9.17) is 0 Å². The number of nitrogens with zero attached hydrogens (tertiary/aromatic N) is 1. The van der Waals surface area contributed by atoms with E-state index in [1.807, 2.05) is 30.3 Å². The van der Waals surface area contributed by atoms with Crippen LogP contribution in [0.25, 0.3) is 6.08 Å². The first-order valence-corrected chi connectivity index (χ1v) is 7.26. The first kappa shape index (κ1) is 11.9. The first-order chi connectivity index (χ1) is 7.98. The summed E-state index contributed by atoms with van der Waals surface area (Å²) in [5, 5.41) is 0. The number of rotatable bonds is 1. The van der Waals surface area contributed by atoms with Crippen molar-refractivity contribution in [1.82, 2.24) is 4.31 Å². The third kappa shape index (κ3) is 2.58. The van der Waals surface area contributed by atoms with E-state index >= 15 is 0 Å². The lowest BCUT2D eigenvalue weighted by atomic mass is 10.0. The number of allylic oxidation sites excluding steroid dienone is 1. The highest BCUT2D eigenvalue weighted by atomic mass is 32.2. The molecule has 1 aliphatic heterocycles. The highest BCUT2D eigenvalue weighted by molar-refractivity contribution is 7.88. The molecule has 3 nitrogen and oxygen atoms in total. The molecule has 2 rings (SSSR count). The Balaban J connectivity index is 2.40. The van der Waals surface area contributed by atoms with Gasteiger partial charge < -0.3 is 0 Å². The third-order valence-electron chi connectivity index (χ3n) is 2.82. The van der Waals surface area contributed by atoms with Crippen LogP contribution in [0.1, 0.15) is 11.1 Å². The van der Waals surface area contributed by atoms with Crippen molar-refractivity contribution >= 4 is 16.1 Å². The van der Waals surface area contributed by atoms with Gasteiger partial charge in [0.15, 0.2) is 0 Å². The van der Waals surface area contributed by atoms with Gasteiger partial charge in [-0.15, -0.1) is 0 Å². The summed E-state index contributed by atoms with van der Waals surface area (Å²) in [6.45, 7) is 4.24. The van der Waals surface area contributed by atoms with E-state index in [0.717, 1.165) is 11.1 Å².